The van der Waals surface area contributed by atoms with Crippen LogP contribution in [0.5, 0.6) is 0 Å². The van der Waals surface area contributed by atoms with Crippen molar-refractivity contribution in [1.82, 2.24) is 9.78 Å². The van der Waals surface area contributed by atoms with Crippen LogP contribution < -0.4 is 5.32 Å². The first kappa shape index (κ1) is 11.4. The van der Waals surface area contributed by atoms with E-state index in [0.29, 0.717) is 15.2 Å². The molecule has 0 radical (unpaired) electrons. The molecule has 0 amide bonds. The number of nitrogens with one attached hydrogen (secondary N) is 1. The second-order valence-corrected chi connectivity index (χ2v) is 4.21. The van der Waals surface area contributed by atoms with Gasteiger partial charge in [0.2, 0.25) is 0 Å². The van der Waals surface area contributed by atoms with Gasteiger partial charge >= 0.3 is 0 Å². The summed E-state index contributed by atoms with van der Waals surface area (Å²) in [4.78, 5) is 0. The van der Waals surface area contributed by atoms with E-state index >= 15 is 0 Å². The lowest BCUT2D eigenvalue weighted by atomic mass is 10.3. The number of aromatic nitrogens is 2. The number of hydrogen-bond acceptors (Lipinski definition) is 2. The summed E-state index contributed by atoms with van der Waals surface area (Å²) in [5.74, 6) is 0. The van der Waals surface area contributed by atoms with Gasteiger partial charge in [-0.25, -0.2) is 4.68 Å². The third-order valence-corrected chi connectivity index (χ3v) is 2.91. The molecule has 2 aromatic rings. The standard InChI is InChI=1S/C10H7Cl2N3S/c11-8-3-2-7(6-9(8)12)14-10(16)15-5-1-4-13-15/h1-6H,(H,14,16). The van der Waals surface area contributed by atoms with Crippen molar-refractivity contribution in [1.29, 1.82) is 0 Å². The third-order valence-electron chi connectivity index (χ3n) is 1.88. The van der Waals surface area contributed by atoms with Gasteiger partial charge in [0.05, 0.1) is 10.0 Å². The predicted octanol–water partition coefficient (Wildman–Crippen LogP) is 3.44. The van der Waals surface area contributed by atoms with Crippen LogP contribution in [0.2, 0.25) is 10.0 Å². The summed E-state index contributed by atoms with van der Waals surface area (Å²) in [6, 6.07) is 7.00. The maximum atomic E-state index is 5.88. The van der Waals surface area contributed by atoms with Crippen molar-refractivity contribution in [2.45, 2.75) is 0 Å². The summed E-state index contributed by atoms with van der Waals surface area (Å²) in [5, 5.41) is 8.48. The van der Waals surface area contributed by atoms with Gasteiger partial charge in [0, 0.05) is 18.1 Å². The molecule has 0 unspecified atom stereocenters. The fourth-order valence-corrected chi connectivity index (χ4v) is 1.67. The molecule has 0 saturated carbocycles. The molecule has 0 fully saturated rings. The van der Waals surface area contributed by atoms with E-state index in [2.05, 4.69) is 10.4 Å². The van der Waals surface area contributed by atoms with E-state index in [1.54, 1.807) is 41.3 Å². The molecule has 2 rings (SSSR count). The van der Waals surface area contributed by atoms with Gasteiger partial charge in [-0.05, 0) is 36.5 Å². The van der Waals surface area contributed by atoms with Crippen LogP contribution in [-0.2, 0) is 0 Å². The molecule has 1 N–H and O–H groups in total. The van der Waals surface area contributed by atoms with Gasteiger partial charge in [-0.2, -0.15) is 5.10 Å². The van der Waals surface area contributed by atoms with E-state index in [-0.39, 0.29) is 0 Å². The van der Waals surface area contributed by atoms with Crippen LogP contribution >= 0.6 is 35.4 Å². The number of halogens is 2. The summed E-state index contributed by atoms with van der Waals surface area (Å²) in [6.07, 6.45) is 3.41. The lowest BCUT2D eigenvalue weighted by Gasteiger charge is -2.08. The Balaban J connectivity index is 2.15. The molecule has 0 saturated heterocycles. The lowest BCUT2D eigenvalue weighted by Crippen LogP contribution is -2.19. The SMILES string of the molecule is S=C(Nc1ccc(Cl)c(Cl)c1)n1cccn1. The maximum Gasteiger partial charge on any atom is 0.198 e. The Morgan fingerprint density at radius 2 is 2.12 bits per heavy atom. The molecular weight excluding hydrogens is 265 g/mol. The maximum absolute atomic E-state index is 5.88. The number of benzene rings is 1. The zero-order valence-corrected chi connectivity index (χ0v) is 10.4. The fraction of sp³-hybridized carbons (Fsp3) is 0. The highest BCUT2D eigenvalue weighted by molar-refractivity contribution is 7.80. The normalized spacial score (nSPS) is 10.1. The van der Waals surface area contributed by atoms with Gasteiger partial charge in [-0.1, -0.05) is 23.2 Å². The molecular formula is C10H7Cl2N3S. The predicted molar refractivity (Wildman–Crippen MR) is 70.3 cm³/mol. The zero-order chi connectivity index (χ0) is 11.5. The van der Waals surface area contributed by atoms with Gasteiger partial charge in [-0.3, -0.25) is 0 Å². The average Bonchev–Trinajstić information content (AvgIpc) is 2.77. The highest BCUT2D eigenvalue weighted by atomic mass is 35.5. The first-order valence-electron chi connectivity index (χ1n) is 4.43. The molecule has 0 atom stereocenters. The van der Waals surface area contributed by atoms with Crippen LogP contribution in [0, 0.1) is 0 Å². The highest BCUT2D eigenvalue weighted by Crippen LogP contribution is 2.24. The van der Waals surface area contributed by atoms with Gasteiger partial charge in [-0.15, -0.1) is 0 Å². The molecule has 0 bridgehead atoms. The topological polar surface area (TPSA) is 29.9 Å². The van der Waals surface area contributed by atoms with E-state index < -0.39 is 0 Å². The molecule has 3 nitrogen and oxygen atoms in total. The van der Waals surface area contributed by atoms with E-state index in [1.165, 1.54) is 0 Å². The second kappa shape index (κ2) is 4.82. The molecule has 16 heavy (non-hydrogen) atoms. The van der Waals surface area contributed by atoms with Crippen molar-refractivity contribution >= 4 is 46.2 Å². The third kappa shape index (κ3) is 2.52. The van der Waals surface area contributed by atoms with Crippen LogP contribution in [-0.4, -0.2) is 14.9 Å². The van der Waals surface area contributed by atoms with E-state index in [9.17, 15) is 0 Å². The summed E-state index contributed by atoms with van der Waals surface area (Å²) in [6.45, 7) is 0. The van der Waals surface area contributed by atoms with Crippen molar-refractivity contribution < 1.29 is 0 Å². The van der Waals surface area contributed by atoms with Crippen molar-refractivity contribution in [3.05, 3.63) is 46.7 Å². The minimum absolute atomic E-state index is 0.475. The summed E-state index contributed by atoms with van der Waals surface area (Å²) in [7, 11) is 0. The van der Waals surface area contributed by atoms with Crippen molar-refractivity contribution in [3.8, 4) is 0 Å². The molecule has 0 aliphatic carbocycles. The molecule has 0 spiro atoms. The van der Waals surface area contributed by atoms with Gasteiger partial charge in [0.15, 0.2) is 5.11 Å². The van der Waals surface area contributed by atoms with Crippen LogP contribution in [0.4, 0.5) is 5.69 Å². The van der Waals surface area contributed by atoms with Gasteiger partial charge in [0.25, 0.3) is 0 Å². The quantitative estimate of drug-likeness (QED) is 0.806. The number of nitrogens with zero attached hydrogens (tertiary/aromatic N) is 2. The Labute approximate surface area is 108 Å². The molecule has 1 aromatic heterocycles. The Kier molecular flexibility index (Phi) is 3.43. The molecule has 6 heteroatoms. The van der Waals surface area contributed by atoms with Crippen molar-refractivity contribution in [2.24, 2.45) is 0 Å². The van der Waals surface area contributed by atoms with Crippen LogP contribution in [0.25, 0.3) is 0 Å². The summed E-state index contributed by atoms with van der Waals surface area (Å²) >= 11 is 16.8. The van der Waals surface area contributed by atoms with Crippen molar-refractivity contribution in [2.75, 3.05) is 5.32 Å². The van der Waals surface area contributed by atoms with E-state index in [4.69, 9.17) is 35.4 Å². The van der Waals surface area contributed by atoms with Crippen LogP contribution in [0.3, 0.4) is 0 Å². The first-order valence-corrected chi connectivity index (χ1v) is 5.59. The second-order valence-electron chi connectivity index (χ2n) is 3.01. The molecule has 0 aliphatic heterocycles. The largest absolute Gasteiger partial charge is 0.331 e. The number of rotatable bonds is 1. The fourth-order valence-electron chi connectivity index (χ4n) is 1.14. The minimum Gasteiger partial charge on any atom is -0.331 e. The Morgan fingerprint density at radius 1 is 1.31 bits per heavy atom. The monoisotopic (exact) mass is 271 g/mol. The summed E-state index contributed by atoms with van der Waals surface area (Å²) < 4.78 is 1.55. The Hall–Kier alpha value is -1.10. The lowest BCUT2D eigenvalue weighted by molar-refractivity contribution is 0.947. The van der Waals surface area contributed by atoms with Crippen LogP contribution in [0.15, 0.2) is 36.7 Å². The van der Waals surface area contributed by atoms with E-state index in [0.717, 1.165) is 5.69 Å². The smallest absolute Gasteiger partial charge is 0.198 e. The summed E-state index contributed by atoms with van der Waals surface area (Å²) in [5.41, 5.74) is 0.773. The van der Waals surface area contributed by atoms with Gasteiger partial charge in [0.1, 0.15) is 0 Å². The zero-order valence-electron chi connectivity index (χ0n) is 8.02. The molecule has 0 aliphatic rings. The first-order chi connectivity index (χ1) is 7.66. The Morgan fingerprint density at radius 3 is 2.75 bits per heavy atom. The average molecular weight is 272 g/mol. The number of anilines is 1. The highest BCUT2D eigenvalue weighted by Gasteiger charge is 2.03. The van der Waals surface area contributed by atoms with Crippen molar-refractivity contribution in [3.63, 3.8) is 0 Å². The molecule has 1 aromatic carbocycles. The Bertz CT molecular complexity index is 511. The molecule has 82 valence electrons. The molecule has 1 heterocycles. The number of hydrogen-bond donors (Lipinski definition) is 1. The number of thiocarbonyl (C=S) groups is 1. The minimum atomic E-state index is 0.475. The van der Waals surface area contributed by atoms with E-state index in [1.807, 2.05) is 0 Å². The van der Waals surface area contributed by atoms with Crippen LogP contribution in [0.1, 0.15) is 0 Å². The van der Waals surface area contributed by atoms with Gasteiger partial charge < -0.3 is 5.32 Å².